The van der Waals surface area contributed by atoms with Gasteiger partial charge in [0.15, 0.2) is 0 Å². The topological polar surface area (TPSA) is 100 Å². The van der Waals surface area contributed by atoms with Gasteiger partial charge in [-0.25, -0.2) is 13.1 Å². The monoisotopic (exact) mass is 526 g/mol. The molecule has 3 aromatic rings. The SMILES string of the molecule is CSCC[C@H](NS(=O)(=O)Cc1ccccc1)C(=O)N[C@H](CCNc1ccncc1)Cc1ccccc1. The fraction of sp³-hybridized carbons (Fsp3) is 0.333. The van der Waals surface area contributed by atoms with Crippen LogP contribution in [-0.2, 0) is 27.0 Å². The molecule has 7 nitrogen and oxygen atoms in total. The second-order valence-corrected chi connectivity index (χ2v) is 11.3. The Balaban J connectivity index is 1.67. The number of sulfonamides is 1. The predicted molar refractivity (Wildman–Crippen MR) is 148 cm³/mol. The highest BCUT2D eigenvalue weighted by molar-refractivity contribution is 7.98. The first-order valence-corrected chi connectivity index (χ1v) is 15.0. The summed E-state index contributed by atoms with van der Waals surface area (Å²) in [6.07, 6.45) is 7.13. The normalized spacial score (nSPS) is 13.0. The number of nitrogens with one attached hydrogen (secondary N) is 3. The molecule has 0 fully saturated rings. The molecule has 0 aliphatic rings. The highest BCUT2D eigenvalue weighted by Crippen LogP contribution is 2.11. The molecule has 0 bridgehead atoms. The van der Waals surface area contributed by atoms with Gasteiger partial charge in [0, 0.05) is 30.7 Å². The third kappa shape index (κ3) is 10.0. The van der Waals surface area contributed by atoms with Crippen LogP contribution in [0.2, 0.25) is 0 Å². The predicted octanol–water partition coefficient (Wildman–Crippen LogP) is 3.85. The van der Waals surface area contributed by atoms with Gasteiger partial charge in [-0.3, -0.25) is 9.78 Å². The minimum atomic E-state index is -3.70. The van der Waals surface area contributed by atoms with E-state index in [1.807, 2.05) is 54.8 Å². The van der Waals surface area contributed by atoms with Gasteiger partial charge in [0.25, 0.3) is 0 Å². The second kappa shape index (κ2) is 14.6. The number of aromatic nitrogens is 1. The largest absolute Gasteiger partial charge is 0.385 e. The molecule has 0 aliphatic heterocycles. The van der Waals surface area contributed by atoms with Crippen LogP contribution in [0.3, 0.4) is 0 Å². The van der Waals surface area contributed by atoms with Crippen molar-refractivity contribution < 1.29 is 13.2 Å². The van der Waals surface area contributed by atoms with Crippen molar-refractivity contribution in [1.29, 1.82) is 0 Å². The number of pyridine rings is 1. The van der Waals surface area contributed by atoms with Gasteiger partial charge in [0.1, 0.15) is 6.04 Å². The van der Waals surface area contributed by atoms with Gasteiger partial charge in [-0.2, -0.15) is 11.8 Å². The van der Waals surface area contributed by atoms with Gasteiger partial charge < -0.3 is 10.6 Å². The summed E-state index contributed by atoms with van der Waals surface area (Å²) in [5.41, 5.74) is 2.75. The van der Waals surface area contributed by atoms with Crippen LogP contribution in [0, 0.1) is 0 Å². The molecule has 0 spiro atoms. The summed E-state index contributed by atoms with van der Waals surface area (Å²) in [6.45, 7) is 0.650. The van der Waals surface area contributed by atoms with Crippen molar-refractivity contribution in [1.82, 2.24) is 15.0 Å². The molecular weight excluding hydrogens is 492 g/mol. The lowest BCUT2D eigenvalue weighted by atomic mass is 10.0. The number of thioether (sulfide) groups is 1. The van der Waals surface area contributed by atoms with Gasteiger partial charge in [0.2, 0.25) is 15.9 Å². The first-order chi connectivity index (χ1) is 17.4. The third-order valence-electron chi connectivity index (χ3n) is 5.62. The van der Waals surface area contributed by atoms with Gasteiger partial charge in [-0.15, -0.1) is 0 Å². The zero-order valence-corrected chi connectivity index (χ0v) is 22.1. The van der Waals surface area contributed by atoms with Crippen molar-refractivity contribution in [2.45, 2.75) is 37.1 Å². The lowest BCUT2D eigenvalue weighted by Crippen LogP contribution is -2.50. The number of hydrogen-bond acceptors (Lipinski definition) is 6. The Bertz CT molecular complexity index is 1150. The lowest BCUT2D eigenvalue weighted by Gasteiger charge is -2.24. The Morgan fingerprint density at radius 1 is 0.917 bits per heavy atom. The van der Waals surface area contributed by atoms with E-state index in [-0.39, 0.29) is 17.7 Å². The first kappa shape index (κ1) is 27.7. The maximum Gasteiger partial charge on any atom is 0.238 e. The van der Waals surface area contributed by atoms with E-state index >= 15 is 0 Å². The minimum absolute atomic E-state index is 0.162. The Labute approximate surface area is 218 Å². The summed E-state index contributed by atoms with van der Waals surface area (Å²) in [7, 11) is -3.70. The molecular formula is C27H34N4O3S2. The van der Waals surface area contributed by atoms with Crippen LogP contribution in [0.25, 0.3) is 0 Å². The van der Waals surface area contributed by atoms with Crippen LogP contribution in [-0.4, -0.2) is 49.9 Å². The van der Waals surface area contributed by atoms with Crippen LogP contribution in [0.5, 0.6) is 0 Å². The molecule has 3 rings (SSSR count). The van der Waals surface area contributed by atoms with Crippen molar-refractivity contribution in [3.8, 4) is 0 Å². The molecule has 0 saturated carbocycles. The highest BCUT2D eigenvalue weighted by Gasteiger charge is 2.26. The van der Waals surface area contributed by atoms with Crippen molar-refractivity contribution in [2.24, 2.45) is 0 Å². The number of carbonyl (C=O) groups is 1. The molecule has 9 heteroatoms. The van der Waals surface area contributed by atoms with E-state index in [1.54, 1.807) is 48.4 Å². The quantitative estimate of drug-likeness (QED) is 0.278. The number of anilines is 1. The molecule has 0 aliphatic carbocycles. The molecule has 1 heterocycles. The first-order valence-electron chi connectivity index (χ1n) is 12.0. The number of hydrogen-bond donors (Lipinski definition) is 3. The molecule has 0 radical (unpaired) electrons. The fourth-order valence-electron chi connectivity index (χ4n) is 3.82. The maximum atomic E-state index is 13.3. The Morgan fingerprint density at radius 3 is 2.19 bits per heavy atom. The summed E-state index contributed by atoms with van der Waals surface area (Å²) < 4.78 is 28.4. The van der Waals surface area contributed by atoms with Gasteiger partial charge in [-0.1, -0.05) is 60.7 Å². The Hall–Kier alpha value is -2.88. The molecule has 2 atom stereocenters. The van der Waals surface area contributed by atoms with Crippen LogP contribution >= 0.6 is 11.8 Å². The molecule has 192 valence electrons. The summed E-state index contributed by atoms with van der Waals surface area (Å²) in [5, 5.41) is 6.48. The van der Waals surface area contributed by atoms with E-state index in [2.05, 4.69) is 20.3 Å². The summed E-state index contributed by atoms with van der Waals surface area (Å²) in [6, 6.07) is 21.7. The zero-order chi connectivity index (χ0) is 25.6. The molecule has 36 heavy (non-hydrogen) atoms. The van der Waals surface area contributed by atoms with E-state index in [4.69, 9.17) is 0 Å². The zero-order valence-electron chi connectivity index (χ0n) is 20.5. The number of benzene rings is 2. The van der Waals surface area contributed by atoms with Crippen LogP contribution in [0.1, 0.15) is 24.0 Å². The number of nitrogens with zero attached hydrogens (tertiary/aromatic N) is 1. The molecule has 2 aromatic carbocycles. The third-order valence-corrected chi connectivity index (χ3v) is 7.62. The number of rotatable bonds is 15. The summed E-state index contributed by atoms with van der Waals surface area (Å²) >= 11 is 1.58. The minimum Gasteiger partial charge on any atom is -0.385 e. The Kier molecular flexibility index (Phi) is 11.3. The number of amides is 1. The average molecular weight is 527 g/mol. The summed E-state index contributed by atoms with van der Waals surface area (Å²) in [4.78, 5) is 17.4. The smallest absolute Gasteiger partial charge is 0.238 e. The second-order valence-electron chi connectivity index (χ2n) is 8.54. The van der Waals surface area contributed by atoms with Crippen molar-refractivity contribution in [2.75, 3.05) is 23.9 Å². The van der Waals surface area contributed by atoms with Crippen LogP contribution in [0.15, 0.2) is 85.2 Å². The van der Waals surface area contributed by atoms with Crippen molar-refractivity contribution in [3.63, 3.8) is 0 Å². The lowest BCUT2D eigenvalue weighted by molar-refractivity contribution is -0.123. The molecule has 0 saturated heterocycles. The fourth-order valence-corrected chi connectivity index (χ4v) is 5.66. The summed E-state index contributed by atoms with van der Waals surface area (Å²) in [5.74, 6) is 0.199. The van der Waals surface area contributed by atoms with Crippen LogP contribution < -0.4 is 15.4 Å². The standard InChI is InChI=1S/C27H34N4O3S2/c1-35-19-15-26(31-36(33,34)21-23-10-6-3-7-11-23)27(32)30-25(20-22-8-4-2-5-9-22)14-18-29-24-12-16-28-17-13-24/h2-13,16-17,25-26,31H,14-15,18-21H2,1H3,(H,28,29)(H,30,32)/t25-,26+/m1/s1. The van der Waals surface area contributed by atoms with Gasteiger partial charge >= 0.3 is 0 Å². The Morgan fingerprint density at radius 2 is 1.56 bits per heavy atom. The number of carbonyl (C=O) groups excluding carboxylic acids is 1. The maximum absolute atomic E-state index is 13.3. The molecule has 1 amide bonds. The molecule has 1 aromatic heterocycles. The highest BCUT2D eigenvalue weighted by atomic mass is 32.2. The van der Waals surface area contributed by atoms with Crippen molar-refractivity contribution in [3.05, 3.63) is 96.3 Å². The van der Waals surface area contributed by atoms with E-state index in [1.165, 1.54) is 0 Å². The van der Waals surface area contributed by atoms with E-state index in [0.29, 0.717) is 37.1 Å². The van der Waals surface area contributed by atoms with Crippen molar-refractivity contribution >= 4 is 33.4 Å². The van der Waals surface area contributed by atoms with Gasteiger partial charge in [0.05, 0.1) is 5.75 Å². The molecule has 0 unspecified atom stereocenters. The van der Waals surface area contributed by atoms with E-state index in [9.17, 15) is 13.2 Å². The van der Waals surface area contributed by atoms with Gasteiger partial charge in [-0.05, 0) is 54.5 Å². The van der Waals surface area contributed by atoms with E-state index < -0.39 is 16.1 Å². The van der Waals surface area contributed by atoms with Crippen LogP contribution in [0.4, 0.5) is 5.69 Å². The van der Waals surface area contributed by atoms with E-state index in [0.717, 1.165) is 11.3 Å². The molecule has 3 N–H and O–H groups in total. The average Bonchev–Trinajstić information content (AvgIpc) is 2.88.